The maximum atomic E-state index is 12.7. The molecule has 4 heteroatoms. The summed E-state index contributed by atoms with van der Waals surface area (Å²) in [6.07, 6.45) is 10.7. The Morgan fingerprint density at radius 3 is 2.72 bits per heavy atom. The lowest BCUT2D eigenvalue weighted by Gasteiger charge is -2.58. The van der Waals surface area contributed by atoms with Crippen LogP contribution in [0.5, 0.6) is 0 Å². The predicted octanol–water partition coefficient (Wildman–Crippen LogP) is 3.63. The summed E-state index contributed by atoms with van der Waals surface area (Å²) in [7, 11) is 0. The minimum Gasteiger partial charge on any atom is -0.464 e. The second kappa shape index (κ2) is 5.78. The molecule has 4 aliphatic rings. The van der Waals surface area contributed by atoms with Crippen molar-refractivity contribution in [1.82, 2.24) is 0 Å². The maximum absolute atomic E-state index is 12.7. The van der Waals surface area contributed by atoms with Crippen molar-refractivity contribution in [2.24, 2.45) is 28.6 Å². The zero-order chi connectivity index (χ0) is 17.8. The number of hydrogen-bond acceptors (Lipinski definition) is 4. The van der Waals surface area contributed by atoms with Crippen molar-refractivity contribution in [3.8, 4) is 0 Å². The topological polar surface area (TPSA) is 60.4 Å². The molecule has 1 unspecified atom stereocenters. The fraction of sp³-hybridized carbons (Fsp3) is 0.762. The fourth-order valence-corrected chi connectivity index (χ4v) is 6.62. The third kappa shape index (κ3) is 2.36. The first-order chi connectivity index (χ1) is 11.9. The molecule has 4 aliphatic carbocycles. The van der Waals surface area contributed by atoms with E-state index in [1.807, 2.05) is 0 Å². The lowest BCUT2D eigenvalue weighted by Crippen LogP contribution is -2.52. The number of ketones is 2. The van der Waals surface area contributed by atoms with E-state index in [-0.39, 0.29) is 18.4 Å². The van der Waals surface area contributed by atoms with Gasteiger partial charge in [-0.15, -0.1) is 0 Å². The molecule has 0 aromatic heterocycles. The van der Waals surface area contributed by atoms with E-state index in [9.17, 15) is 14.4 Å². The molecule has 5 atom stereocenters. The van der Waals surface area contributed by atoms with Crippen LogP contribution < -0.4 is 0 Å². The van der Waals surface area contributed by atoms with Gasteiger partial charge in [-0.25, -0.2) is 0 Å². The van der Waals surface area contributed by atoms with Crippen LogP contribution in [-0.2, 0) is 19.1 Å². The number of hydrogen-bond donors (Lipinski definition) is 0. The van der Waals surface area contributed by atoms with Crippen LogP contribution in [0.1, 0.15) is 65.2 Å². The minimum atomic E-state index is -0.859. The number of Topliss-reactive ketones (excluding diaryl/α,β-unsaturated/α-hetero) is 1. The maximum Gasteiger partial charge on any atom is 0.302 e. The van der Waals surface area contributed by atoms with E-state index in [1.54, 1.807) is 6.08 Å². The molecule has 3 fully saturated rings. The molecule has 0 N–H and O–H groups in total. The van der Waals surface area contributed by atoms with E-state index in [0.717, 1.165) is 24.3 Å². The van der Waals surface area contributed by atoms with Crippen LogP contribution in [0.2, 0.25) is 0 Å². The van der Waals surface area contributed by atoms with Gasteiger partial charge in [-0.2, -0.15) is 0 Å². The van der Waals surface area contributed by atoms with E-state index in [0.29, 0.717) is 23.7 Å². The molecule has 3 saturated carbocycles. The van der Waals surface area contributed by atoms with Crippen LogP contribution in [0.25, 0.3) is 0 Å². The van der Waals surface area contributed by atoms with Gasteiger partial charge in [0.15, 0.2) is 0 Å². The van der Waals surface area contributed by atoms with Crippen LogP contribution in [0.4, 0.5) is 0 Å². The van der Waals surface area contributed by atoms with Crippen LogP contribution in [-0.4, -0.2) is 24.1 Å². The first-order valence-electron chi connectivity index (χ1n) is 9.83. The summed E-state index contributed by atoms with van der Waals surface area (Å²) < 4.78 is 5.26. The fourth-order valence-electron chi connectivity index (χ4n) is 6.62. The van der Waals surface area contributed by atoms with Crippen molar-refractivity contribution in [2.75, 3.05) is 6.61 Å². The van der Waals surface area contributed by atoms with E-state index in [2.05, 4.69) is 6.92 Å². The number of rotatable bonds is 2. The molecule has 0 saturated heterocycles. The number of fused-ring (bicyclic) bond motifs is 5. The van der Waals surface area contributed by atoms with E-state index >= 15 is 0 Å². The largest absolute Gasteiger partial charge is 0.464 e. The van der Waals surface area contributed by atoms with Crippen molar-refractivity contribution in [2.45, 2.75) is 65.2 Å². The molecule has 0 heterocycles. The van der Waals surface area contributed by atoms with Crippen molar-refractivity contribution < 1.29 is 19.1 Å². The Bertz CT molecular complexity index is 663. The Morgan fingerprint density at radius 1 is 1.16 bits per heavy atom. The molecule has 0 bridgehead atoms. The molecule has 0 spiro atoms. The molecule has 0 radical (unpaired) electrons. The van der Waals surface area contributed by atoms with Gasteiger partial charge < -0.3 is 4.74 Å². The molecule has 4 rings (SSSR count). The SMILES string of the molecule is CC(=O)OC[C@]12CC[C@H]3[C@@H](CCC4CCCC[C@@]43C)C1=CC(=O)C2=O. The van der Waals surface area contributed by atoms with Crippen LogP contribution >= 0.6 is 0 Å². The Balaban J connectivity index is 1.68. The summed E-state index contributed by atoms with van der Waals surface area (Å²) in [6.45, 7) is 3.86. The second-order valence-electron chi connectivity index (χ2n) is 8.93. The van der Waals surface area contributed by atoms with Gasteiger partial charge in [0.05, 0.1) is 5.41 Å². The van der Waals surface area contributed by atoms with Gasteiger partial charge in [0.25, 0.3) is 0 Å². The summed E-state index contributed by atoms with van der Waals surface area (Å²) in [6, 6.07) is 0. The summed E-state index contributed by atoms with van der Waals surface area (Å²) in [5, 5.41) is 0. The highest BCUT2D eigenvalue weighted by Gasteiger charge is 2.60. The van der Waals surface area contributed by atoms with E-state index in [1.165, 1.54) is 39.0 Å². The average molecular weight is 344 g/mol. The molecule has 25 heavy (non-hydrogen) atoms. The van der Waals surface area contributed by atoms with Crippen LogP contribution in [0, 0.1) is 28.6 Å². The molecular formula is C21H28O4. The number of ether oxygens (including phenoxy) is 1. The highest BCUT2D eigenvalue weighted by atomic mass is 16.5. The number of esters is 1. The molecular weight excluding hydrogens is 316 g/mol. The monoisotopic (exact) mass is 344 g/mol. The first kappa shape index (κ1) is 17.0. The third-order valence-corrected chi connectivity index (χ3v) is 7.91. The van der Waals surface area contributed by atoms with Gasteiger partial charge in [0, 0.05) is 6.92 Å². The number of carbonyl (C=O) groups is 3. The molecule has 136 valence electrons. The average Bonchev–Trinajstić information content (AvgIpc) is 2.84. The van der Waals surface area contributed by atoms with Crippen molar-refractivity contribution >= 4 is 17.5 Å². The number of allylic oxidation sites excluding steroid dienone is 1. The third-order valence-electron chi connectivity index (χ3n) is 7.91. The summed E-state index contributed by atoms with van der Waals surface area (Å²) >= 11 is 0. The summed E-state index contributed by atoms with van der Waals surface area (Å²) in [5.41, 5.74) is 0.469. The zero-order valence-electron chi connectivity index (χ0n) is 15.3. The highest BCUT2D eigenvalue weighted by molar-refractivity contribution is 6.46. The van der Waals surface area contributed by atoms with Gasteiger partial charge in [0.2, 0.25) is 11.6 Å². The van der Waals surface area contributed by atoms with E-state index in [4.69, 9.17) is 4.74 Å². The molecule has 4 nitrogen and oxygen atoms in total. The van der Waals surface area contributed by atoms with Crippen LogP contribution in [0.3, 0.4) is 0 Å². The van der Waals surface area contributed by atoms with Crippen LogP contribution in [0.15, 0.2) is 11.6 Å². The van der Waals surface area contributed by atoms with Crippen molar-refractivity contribution in [3.05, 3.63) is 11.6 Å². The smallest absolute Gasteiger partial charge is 0.302 e. The van der Waals surface area contributed by atoms with Gasteiger partial charge in [-0.1, -0.05) is 19.8 Å². The van der Waals surface area contributed by atoms with Gasteiger partial charge in [-0.3, -0.25) is 14.4 Å². The Labute approximate surface area is 149 Å². The summed E-state index contributed by atoms with van der Waals surface area (Å²) in [5.74, 6) is 0.528. The lowest BCUT2D eigenvalue weighted by molar-refractivity contribution is -0.151. The molecule has 0 amide bonds. The predicted molar refractivity (Wildman–Crippen MR) is 92.7 cm³/mol. The molecule has 0 aromatic carbocycles. The molecule has 0 aliphatic heterocycles. The number of carbonyl (C=O) groups excluding carboxylic acids is 3. The lowest BCUT2D eigenvalue weighted by atomic mass is 9.46. The van der Waals surface area contributed by atoms with E-state index < -0.39 is 11.2 Å². The van der Waals surface area contributed by atoms with Crippen molar-refractivity contribution in [3.63, 3.8) is 0 Å². The second-order valence-corrected chi connectivity index (χ2v) is 8.93. The highest BCUT2D eigenvalue weighted by Crippen LogP contribution is 2.64. The minimum absolute atomic E-state index is 0.0438. The van der Waals surface area contributed by atoms with Gasteiger partial charge in [-0.05, 0) is 73.3 Å². The Morgan fingerprint density at radius 2 is 1.96 bits per heavy atom. The standard InChI is InChI=1S/C21H28O4/c1-13(22)25-12-21-10-8-16-15(17(21)11-18(23)19(21)24)7-6-14-5-3-4-9-20(14,16)2/h11,14-16H,3-10,12H2,1-2H3/t14?,15-,16+,20+,21-/m1/s1. The van der Waals surface area contributed by atoms with Gasteiger partial charge >= 0.3 is 5.97 Å². The Kier molecular flexibility index (Phi) is 3.93. The molecule has 0 aromatic rings. The summed E-state index contributed by atoms with van der Waals surface area (Å²) in [4.78, 5) is 36.3. The van der Waals surface area contributed by atoms with Crippen molar-refractivity contribution in [1.29, 1.82) is 0 Å². The Hall–Kier alpha value is -1.45. The first-order valence-corrected chi connectivity index (χ1v) is 9.83. The zero-order valence-corrected chi connectivity index (χ0v) is 15.3. The normalized spacial score (nSPS) is 43.0. The quantitative estimate of drug-likeness (QED) is 0.567. The van der Waals surface area contributed by atoms with Gasteiger partial charge in [0.1, 0.15) is 6.61 Å².